The number of amides is 1. The monoisotopic (exact) mass is 498 g/mol. The van der Waals surface area contributed by atoms with Gasteiger partial charge in [-0.3, -0.25) is 14.8 Å². The van der Waals surface area contributed by atoms with Crippen molar-refractivity contribution in [3.05, 3.63) is 83.9 Å². The number of piperidine rings is 1. The number of aromatic nitrogens is 2. The maximum atomic E-state index is 14.4. The Labute approximate surface area is 213 Å². The fourth-order valence-electron chi connectivity index (χ4n) is 5.18. The molecule has 37 heavy (non-hydrogen) atoms. The Bertz CT molecular complexity index is 1590. The minimum Gasteiger partial charge on any atom is -0.496 e. The van der Waals surface area contributed by atoms with E-state index in [9.17, 15) is 9.18 Å². The molecule has 0 saturated carbocycles. The SMILES string of the molecule is COc1cccc(F)c1CN1CCC[C@@H](NC(=O)c2ccc3[nH]nc(-c4ccc5occc5c4)c3c2)C1. The molecule has 3 aromatic carbocycles. The van der Waals surface area contributed by atoms with Gasteiger partial charge < -0.3 is 14.5 Å². The highest BCUT2D eigenvalue weighted by Crippen LogP contribution is 2.30. The summed E-state index contributed by atoms with van der Waals surface area (Å²) < 4.78 is 25.3. The molecule has 2 aromatic heterocycles. The number of nitrogens with zero attached hydrogens (tertiary/aromatic N) is 2. The number of hydrogen-bond acceptors (Lipinski definition) is 5. The topological polar surface area (TPSA) is 83.4 Å². The van der Waals surface area contributed by atoms with Crippen LogP contribution in [-0.4, -0.2) is 47.2 Å². The molecule has 0 radical (unpaired) electrons. The average molecular weight is 499 g/mol. The number of furan rings is 1. The minimum atomic E-state index is -0.276. The zero-order valence-electron chi connectivity index (χ0n) is 20.5. The average Bonchev–Trinajstić information content (AvgIpc) is 3.56. The molecular weight excluding hydrogens is 471 g/mol. The molecular formula is C29H27FN4O3. The number of ether oxygens (including phenoxy) is 1. The molecule has 0 unspecified atom stereocenters. The Morgan fingerprint density at radius 3 is 3.03 bits per heavy atom. The van der Waals surface area contributed by atoms with Gasteiger partial charge in [0.15, 0.2) is 0 Å². The fourth-order valence-corrected chi connectivity index (χ4v) is 5.18. The molecule has 0 spiro atoms. The van der Waals surface area contributed by atoms with Gasteiger partial charge in [0.05, 0.1) is 24.6 Å². The molecule has 0 bridgehead atoms. The van der Waals surface area contributed by atoms with Crippen molar-refractivity contribution in [2.24, 2.45) is 0 Å². The number of aromatic amines is 1. The number of rotatable bonds is 6. The second-order valence-electron chi connectivity index (χ2n) is 9.47. The van der Waals surface area contributed by atoms with Crippen LogP contribution in [0.25, 0.3) is 33.1 Å². The Kier molecular flexibility index (Phi) is 6.10. The number of hydrogen-bond donors (Lipinski definition) is 2. The molecule has 1 atom stereocenters. The van der Waals surface area contributed by atoms with Gasteiger partial charge in [-0.05, 0) is 74.0 Å². The summed E-state index contributed by atoms with van der Waals surface area (Å²) in [6, 6.07) is 18.3. The molecule has 5 aromatic rings. The standard InChI is InChI=1S/C29H27FN4O3/c1-36-27-6-2-5-24(30)23(27)17-34-12-3-4-21(16-34)31-29(35)20-7-9-25-22(15-20)28(33-32-25)19-8-10-26-18(14-19)11-13-37-26/h2,5-11,13-15,21H,3-4,12,16-17H2,1H3,(H,31,35)(H,32,33)/t21-/m1/s1. The third-order valence-corrected chi connectivity index (χ3v) is 7.07. The van der Waals surface area contributed by atoms with Crippen LogP contribution in [0.5, 0.6) is 5.75 Å². The zero-order valence-corrected chi connectivity index (χ0v) is 20.5. The van der Waals surface area contributed by atoms with Crippen LogP contribution in [0.1, 0.15) is 28.8 Å². The van der Waals surface area contributed by atoms with Crippen molar-refractivity contribution >= 4 is 27.8 Å². The fraction of sp³-hybridized carbons (Fsp3) is 0.241. The van der Waals surface area contributed by atoms with Crippen LogP contribution < -0.4 is 10.1 Å². The Morgan fingerprint density at radius 1 is 1.22 bits per heavy atom. The lowest BCUT2D eigenvalue weighted by Gasteiger charge is -2.33. The minimum absolute atomic E-state index is 0.0259. The van der Waals surface area contributed by atoms with E-state index in [-0.39, 0.29) is 17.8 Å². The highest BCUT2D eigenvalue weighted by molar-refractivity contribution is 6.02. The van der Waals surface area contributed by atoms with Gasteiger partial charge in [-0.1, -0.05) is 6.07 Å². The molecule has 7 nitrogen and oxygen atoms in total. The molecule has 1 aliphatic rings. The number of likely N-dealkylation sites (tertiary alicyclic amines) is 1. The van der Waals surface area contributed by atoms with Crippen molar-refractivity contribution in [2.45, 2.75) is 25.4 Å². The number of halogens is 1. The summed E-state index contributed by atoms with van der Waals surface area (Å²) >= 11 is 0. The quantitative estimate of drug-likeness (QED) is 0.322. The van der Waals surface area contributed by atoms with Crippen LogP contribution >= 0.6 is 0 Å². The van der Waals surface area contributed by atoms with Gasteiger partial charge in [0.2, 0.25) is 0 Å². The van der Waals surface area contributed by atoms with Crippen molar-refractivity contribution in [3.63, 3.8) is 0 Å². The van der Waals surface area contributed by atoms with Gasteiger partial charge in [0.1, 0.15) is 17.1 Å². The first-order valence-corrected chi connectivity index (χ1v) is 12.4. The first-order valence-electron chi connectivity index (χ1n) is 12.4. The summed E-state index contributed by atoms with van der Waals surface area (Å²) in [5.74, 6) is 0.138. The third kappa shape index (κ3) is 4.56. The molecule has 1 fully saturated rings. The summed E-state index contributed by atoms with van der Waals surface area (Å²) in [6.07, 6.45) is 3.46. The Hall–Kier alpha value is -4.17. The van der Waals surface area contributed by atoms with Crippen molar-refractivity contribution in [1.29, 1.82) is 0 Å². The molecule has 2 N–H and O–H groups in total. The lowest BCUT2D eigenvalue weighted by atomic mass is 10.0. The molecule has 8 heteroatoms. The largest absolute Gasteiger partial charge is 0.496 e. The lowest BCUT2D eigenvalue weighted by molar-refractivity contribution is 0.0899. The van der Waals surface area contributed by atoms with E-state index in [0.29, 0.717) is 30.0 Å². The van der Waals surface area contributed by atoms with E-state index in [1.54, 1.807) is 25.5 Å². The zero-order chi connectivity index (χ0) is 25.4. The molecule has 1 amide bonds. The van der Waals surface area contributed by atoms with E-state index in [1.165, 1.54) is 6.07 Å². The molecule has 0 aliphatic carbocycles. The van der Waals surface area contributed by atoms with Crippen LogP contribution in [0.4, 0.5) is 4.39 Å². The molecule has 1 aliphatic heterocycles. The number of nitrogens with one attached hydrogen (secondary N) is 2. The van der Waals surface area contributed by atoms with Crippen LogP contribution in [0.3, 0.4) is 0 Å². The molecule has 188 valence electrons. The summed E-state index contributed by atoms with van der Waals surface area (Å²) in [4.78, 5) is 15.4. The van der Waals surface area contributed by atoms with E-state index >= 15 is 0 Å². The van der Waals surface area contributed by atoms with E-state index in [2.05, 4.69) is 20.4 Å². The van der Waals surface area contributed by atoms with Crippen LogP contribution in [0.15, 0.2) is 71.3 Å². The van der Waals surface area contributed by atoms with Gasteiger partial charge in [-0.2, -0.15) is 5.10 Å². The Morgan fingerprint density at radius 2 is 2.14 bits per heavy atom. The van der Waals surface area contributed by atoms with E-state index in [0.717, 1.165) is 52.5 Å². The molecule has 1 saturated heterocycles. The second kappa shape index (κ2) is 9.71. The predicted molar refractivity (Wildman–Crippen MR) is 140 cm³/mol. The maximum absolute atomic E-state index is 14.4. The highest BCUT2D eigenvalue weighted by atomic mass is 19.1. The summed E-state index contributed by atoms with van der Waals surface area (Å²) in [7, 11) is 1.55. The number of carbonyl (C=O) groups excluding carboxylic acids is 1. The first-order chi connectivity index (χ1) is 18.1. The van der Waals surface area contributed by atoms with Crippen LogP contribution in [0, 0.1) is 5.82 Å². The van der Waals surface area contributed by atoms with Gasteiger partial charge in [0.25, 0.3) is 5.91 Å². The summed E-state index contributed by atoms with van der Waals surface area (Å²) in [5.41, 5.74) is 4.54. The van der Waals surface area contributed by atoms with Crippen molar-refractivity contribution in [2.75, 3.05) is 20.2 Å². The van der Waals surface area contributed by atoms with Crippen molar-refractivity contribution < 1.29 is 18.3 Å². The van der Waals surface area contributed by atoms with Crippen LogP contribution in [0.2, 0.25) is 0 Å². The molecule has 3 heterocycles. The van der Waals surface area contributed by atoms with E-state index in [4.69, 9.17) is 9.15 Å². The summed E-state index contributed by atoms with van der Waals surface area (Å²) in [5, 5.41) is 12.6. The third-order valence-electron chi connectivity index (χ3n) is 7.07. The van der Waals surface area contributed by atoms with Crippen molar-refractivity contribution in [1.82, 2.24) is 20.4 Å². The van der Waals surface area contributed by atoms with Gasteiger partial charge >= 0.3 is 0 Å². The number of methoxy groups -OCH3 is 1. The summed E-state index contributed by atoms with van der Waals surface area (Å²) in [6.45, 7) is 1.93. The smallest absolute Gasteiger partial charge is 0.251 e. The number of benzene rings is 3. The molecule has 6 rings (SSSR count). The second-order valence-corrected chi connectivity index (χ2v) is 9.47. The van der Waals surface area contributed by atoms with Gasteiger partial charge in [-0.15, -0.1) is 0 Å². The maximum Gasteiger partial charge on any atom is 0.251 e. The lowest BCUT2D eigenvalue weighted by Crippen LogP contribution is -2.47. The normalized spacial score (nSPS) is 16.3. The van der Waals surface area contributed by atoms with E-state index in [1.807, 2.05) is 42.5 Å². The van der Waals surface area contributed by atoms with Crippen molar-refractivity contribution in [3.8, 4) is 17.0 Å². The number of fused-ring (bicyclic) bond motifs is 2. The predicted octanol–water partition coefficient (Wildman–Crippen LogP) is 5.52. The highest BCUT2D eigenvalue weighted by Gasteiger charge is 2.24. The number of H-pyrrole nitrogens is 1. The van der Waals surface area contributed by atoms with Gasteiger partial charge in [0, 0.05) is 46.6 Å². The first kappa shape index (κ1) is 23.2. The number of carbonyl (C=O) groups is 1. The van der Waals surface area contributed by atoms with Crippen LogP contribution in [-0.2, 0) is 6.54 Å². The Balaban J connectivity index is 1.19. The van der Waals surface area contributed by atoms with E-state index < -0.39 is 0 Å². The van der Waals surface area contributed by atoms with Gasteiger partial charge in [-0.25, -0.2) is 4.39 Å².